The molecule has 0 aliphatic heterocycles. The van der Waals surface area contributed by atoms with Crippen LogP contribution in [-0.2, 0) is 6.61 Å². The van der Waals surface area contributed by atoms with Crippen molar-refractivity contribution in [3.63, 3.8) is 0 Å². The van der Waals surface area contributed by atoms with E-state index in [1.54, 1.807) is 48.5 Å². The Labute approximate surface area is 155 Å². The summed E-state index contributed by atoms with van der Waals surface area (Å²) in [5, 5.41) is 15.1. The highest BCUT2D eigenvalue weighted by Gasteiger charge is 2.12. The van der Waals surface area contributed by atoms with Gasteiger partial charge in [-0.25, -0.2) is 9.18 Å². The Bertz CT molecular complexity index is 866. The molecule has 2 aromatic carbocycles. The van der Waals surface area contributed by atoms with Crippen molar-refractivity contribution in [2.75, 3.05) is 11.9 Å². The molecule has 3 aromatic rings. The molecule has 0 spiro atoms. The van der Waals surface area contributed by atoms with Crippen molar-refractivity contribution >= 4 is 11.7 Å². The summed E-state index contributed by atoms with van der Waals surface area (Å²) in [6.45, 7) is 0.297. The molecule has 0 radical (unpaired) electrons. The van der Waals surface area contributed by atoms with Gasteiger partial charge in [-0.05, 0) is 42.0 Å². The fraction of sp³-hybridized carbons (Fsp3) is 0.150. The van der Waals surface area contributed by atoms with E-state index >= 15 is 0 Å². The average molecular weight is 370 g/mol. The van der Waals surface area contributed by atoms with Crippen LogP contribution in [0.2, 0.25) is 0 Å². The Kier molecular flexibility index (Phi) is 6.06. The molecule has 0 bridgehead atoms. The number of anilines is 1. The number of ether oxygens (including phenoxy) is 1. The van der Waals surface area contributed by atoms with Gasteiger partial charge in [0.05, 0.1) is 12.8 Å². The van der Waals surface area contributed by atoms with Crippen LogP contribution < -0.4 is 15.4 Å². The van der Waals surface area contributed by atoms with Gasteiger partial charge in [0.1, 0.15) is 30.0 Å². The van der Waals surface area contributed by atoms with Crippen molar-refractivity contribution in [3.8, 4) is 5.75 Å². The molecule has 3 rings (SSSR count). The van der Waals surface area contributed by atoms with Gasteiger partial charge in [-0.1, -0.05) is 18.2 Å². The SMILES string of the molecule is O=C(NCC(O)c1ccco1)Nc1cccc(OCc2ccc(F)cc2)c1. The second kappa shape index (κ2) is 8.86. The lowest BCUT2D eigenvalue weighted by Crippen LogP contribution is -2.32. The lowest BCUT2D eigenvalue weighted by molar-refractivity contribution is 0.149. The van der Waals surface area contributed by atoms with Crippen LogP contribution in [0.5, 0.6) is 5.75 Å². The van der Waals surface area contributed by atoms with Gasteiger partial charge in [0.2, 0.25) is 0 Å². The van der Waals surface area contributed by atoms with Crippen LogP contribution in [0.25, 0.3) is 0 Å². The number of hydrogen-bond donors (Lipinski definition) is 3. The summed E-state index contributed by atoms with van der Waals surface area (Å²) >= 11 is 0. The molecular formula is C20H19FN2O4. The fourth-order valence-electron chi connectivity index (χ4n) is 2.36. The van der Waals surface area contributed by atoms with Crippen LogP contribution in [0.3, 0.4) is 0 Å². The number of rotatable bonds is 7. The Morgan fingerprint density at radius 2 is 1.96 bits per heavy atom. The number of halogens is 1. The average Bonchev–Trinajstić information content (AvgIpc) is 3.21. The first-order valence-electron chi connectivity index (χ1n) is 8.34. The highest BCUT2D eigenvalue weighted by molar-refractivity contribution is 5.89. The molecule has 7 heteroatoms. The standard InChI is InChI=1S/C20H19FN2O4/c21-15-8-6-14(7-9-15)13-27-17-4-1-3-16(11-17)23-20(25)22-12-18(24)19-5-2-10-26-19/h1-11,18,24H,12-13H2,(H2,22,23,25). The van der Waals surface area contributed by atoms with E-state index in [-0.39, 0.29) is 19.0 Å². The number of amides is 2. The zero-order valence-electron chi connectivity index (χ0n) is 14.4. The molecular weight excluding hydrogens is 351 g/mol. The normalized spacial score (nSPS) is 11.6. The fourth-order valence-corrected chi connectivity index (χ4v) is 2.36. The van der Waals surface area contributed by atoms with Gasteiger partial charge in [0.15, 0.2) is 0 Å². The maximum absolute atomic E-state index is 12.9. The number of urea groups is 1. The van der Waals surface area contributed by atoms with E-state index in [1.165, 1.54) is 18.4 Å². The van der Waals surface area contributed by atoms with E-state index in [9.17, 15) is 14.3 Å². The third-order valence-electron chi connectivity index (χ3n) is 3.74. The Hall–Kier alpha value is -3.32. The number of aliphatic hydroxyl groups is 1. The molecule has 0 aliphatic carbocycles. The van der Waals surface area contributed by atoms with E-state index < -0.39 is 12.1 Å². The van der Waals surface area contributed by atoms with E-state index in [1.807, 2.05) is 0 Å². The predicted octanol–water partition coefficient (Wildman–Crippen LogP) is 3.85. The predicted molar refractivity (Wildman–Crippen MR) is 97.9 cm³/mol. The molecule has 140 valence electrons. The second-order valence-corrected chi connectivity index (χ2v) is 5.81. The Morgan fingerprint density at radius 1 is 1.15 bits per heavy atom. The van der Waals surface area contributed by atoms with Gasteiger partial charge in [0, 0.05) is 11.8 Å². The summed E-state index contributed by atoms with van der Waals surface area (Å²) in [5.41, 5.74) is 1.37. The Morgan fingerprint density at radius 3 is 2.70 bits per heavy atom. The van der Waals surface area contributed by atoms with Gasteiger partial charge in [-0.3, -0.25) is 0 Å². The van der Waals surface area contributed by atoms with Gasteiger partial charge in [-0.2, -0.15) is 0 Å². The summed E-state index contributed by atoms with van der Waals surface area (Å²) < 4.78 is 23.6. The topological polar surface area (TPSA) is 83.7 Å². The first kappa shape index (κ1) is 18.5. The highest BCUT2D eigenvalue weighted by atomic mass is 19.1. The lowest BCUT2D eigenvalue weighted by Gasteiger charge is -2.12. The van der Waals surface area contributed by atoms with Crippen LogP contribution >= 0.6 is 0 Å². The molecule has 1 aromatic heterocycles. The number of furan rings is 1. The summed E-state index contributed by atoms with van der Waals surface area (Å²) in [4.78, 5) is 12.0. The van der Waals surface area contributed by atoms with Crippen LogP contribution in [0.1, 0.15) is 17.4 Å². The van der Waals surface area contributed by atoms with E-state index in [2.05, 4.69) is 10.6 Å². The number of nitrogens with one attached hydrogen (secondary N) is 2. The quantitative estimate of drug-likeness (QED) is 0.590. The summed E-state index contributed by atoms with van der Waals surface area (Å²) in [5.74, 6) is 0.646. The number of carbonyl (C=O) groups is 1. The minimum absolute atomic E-state index is 0.0140. The molecule has 1 heterocycles. The second-order valence-electron chi connectivity index (χ2n) is 5.81. The number of benzene rings is 2. The Balaban J connectivity index is 1.49. The molecule has 1 unspecified atom stereocenters. The van der Waals surface area contributed by atoms with Crippen molar-refractivity contribution in [1.29, 1.82) is 0 Å². The third-order valence-corrected chi connectivity index (χ3v) is 3.74. The number of hydrogen-bond acceptors (Lipinski definition) is 4. The molecule has 6 nitrogen and oxygen atoms in total. The molecule has 0 fully saturated rings. The van der Waals surface area contributed by atoms with Crippen molar-refractivity contribution in [2.24, 2.45) is 0 Å². The first-order chi connectivity index (χ1) is 13.1. The largest absolute Gasteiger partial charge is 0.489 e. The zero-order valence-corrected chi connectivity index (χ0v) is 14.4. The van der Waals surface area contributed by atoms with Crippen LogP contribution in [-0.4, -0.2) is 17.7 Å². The molecule has 0 saturated heterocycles. The van der Waals surface area contributed by atoms with Gasteiger partial charge < -0.3 is 24.9 Å². The molecule has 2 amide bonds. The van der Waals surface area contributed by atoms with Gasteiger partial charge in [-0.15, -0.1) is 0 Å². The number of carbonyl (C=O) groups excluding carboxylic acids is 1. The van der Waals surface area contributed by atoms with Crippen LogP contribution in [0, 0.1) is 5.82 Å². The van der Waals surface area contributed by atoms with Gasteiger partial charge in [0.25, 0.3) is 0 Å². The highest BCUT2D eigenvalue weighted by Crippen LogP contribution is 2.19. The molecule has 0 aliphatic rings. The monoisotopic (exact) mass is 370 g/mol. The molecule has 0 saturated carbocycles. The van der Waals surface area contributed by atoms with Crippen molar-refractivity contribution < 1.29 is 23.4 Å². The van der Waals surface area contributed by atoms with E-state index in [4.69, 9.17) is 9.15 Å². The minimum Gasteiger partial charge on any atom is -0.489 e. The summed E-state index contributed by atoms with van der Waals surface area (Å²) in [6.07, 6.45) is 0.534. The van der Waals surface area contributed by atoms with Crippen molar-refractivity contribution in [3.05, 3.63) is 84.1 Å². The van der Waals surface area contributed by atoms with E-state index in [0.717, 1.165) is 5.56 Å². The smallest absolute Gasteiger partial charge is 0.319 e. The van der Waals surface area contributed by atoms with Gasteiger partial charge >= 0.3 is 6.03 Å². The minimum atomic E-state index is -0.920. The van der Waals surface area contributed by atoms with Crippen LogP contribution in [0.15, 0.2) is 71.3 Å². The number of aliphatic hydroxyl groups excluding tert-OH is 1. The maximum atomic E-state index is 12.9. The zero-order chi connectivity index (χ0) is 19.1. The van der Waals surface area contributed by atoms with Crippen LogP contribution in [0.4, 0.5) is 14.9 Å². The summed E-state index contributed by atoms with van der Waals surface area (Å²) in [7, 11) is 0. The lowest BCUT2D eigenvalue weighted by atomic mass is 10.2. The molecule has 3 N–H and O–H groups in total. The van der Waals surface area contributed by atoms with Crippen molar-refractivity contribution in [2.45, 2.75) is 12.7 Å². The molecule has 1 atom stereocenters. The summed E-state index contributed by atoms with van der Waals surface area (Å²) in [6, 6.07) is 15.8. The van der Waals surface area contributed by atoms with Crippen molar-refractivity contribution in [1.82, 2.24) is 5.32 Å². The maximum Gasteiger partial charge on any atom is 0.319 e. The molecule has 27 heavy (non-hydrogen) atoms. The third kappa shape index (κ3) is 5.58. The van der Waals surface area contributed by atoms with E-state index in [0.29, 0.717) is 17.2 Å². The first-order valence-corrected chi connectivity index (χ1v) is 8.34.